The first-order chi connectivity index (χ1) is 23.3. The SMILES string of the molecule is COC(=O)CCCC=CC[C@@H]1[C@@H](CO[Si](c2ccccc2)(c2ccccc2)C(C)(C)C)CC[C@@H]1OCc1ccc(-c2ccccc2)cc1. The molecule has 1 fully saturated rings. The van der Waals surface area contributed by atoms with Crippen LogP contribution in [0.5, 0.6) is 0 Å². The first kappa shape index (κ1) is 35.5. The predicted molar refractivity (Wildman–Crippen MR) is 200 cm³/mol. The second-order valence-electron chi connectivity index (χ2n) is 14.1. The van der Waals surface area contributed by atoms with Crippen LogP contribution < -0.4 is 10.4 Å². The van der Waals surface area contributed by atoms with E-state index in [1.807, 2.05) is 6.07 Å². The number of ether oxygens (including phenoxy) is 2. The maximum Gasteiger partial charge on any atom is 0.305 e. The normalized spacial score (nSPS) is 18.3. The van der Waals surface area contributed by atoms with Crippen molar-refractivity contribution in [2.45, 2.75) is 77.0 Å². The Hall–Kier alpha value is -3.77. The summed E-state index contributed by atoms with van der Waals surface area (Å²) in [6, 6.07) is 41.1. The molecular formula is C43H52O4Si. The fourth-order valence-corrected chi connectivity index (χ4v) is 11.9. The molecule has 48 heavy (non-hydrogen) atoms. The number of esters is 1. The molecule has 4 aromatic carbocycles. The summed E-state index contributed by atoms with van der Waals surface area (Å²) < 4.78 is 19.0. The molecule has 0 radical (unpaired) electrons. The fourth-order valence-electron chi connectivity index (χ4n) is 7.33. The molecule has 0 heterocycles. The zero-order valence-corrected chi connectivity index (χ0v) is 30.1. The Morgan fingerprint density at radius 2 is 1.35 bits per heavy atom. The highest BCUT2D eigenvalue weighted by Crippen LogP contribution is 2.41. The Balaban J connectivity index is 1.33. The molecule has 252 valence electrons. The molecule has 1 aliphatic rings. The van der Waals surface area contributed by atoms with E-state index in [0.717, 1.165) is 32.1 Å². The number of hydrogen-bond donors (Lipinski definition) is 0. The first-order valence-electron chi connectivity index (χ1n) is 17.5. The van der Waals surface area contributed by atoms with Crippen molar-refractivity contribution in [3.05, 3.63) is 133 Å². The van der Waals surface area contributed by atoms with Crippen molar-refractivity contribution >= 4 is 24.7 Å². The number of unbranched alkanes of at least 4 members (excludes halogenated alkanes) is 1. The van der Waals surface area contributed by atoms with Crippen LogP contribution in [-0.4, -0.2) is 34.1 Å². The zero-order valence-electron chi connectivity index (χ0n) is 29.1. The van der Waals surface area contributed by atoms with Gasteiger partial charge in [-0.3, -0.25) is 4.79 Å². The van der Waals surface area contributed by atoms with E-state index in [1.54, 1.807) is 0 Å². The lowest BCUT2D eigenvalue weighted by Crippen LogP contribution is -2.67. The second-order valence-corrected chi connectivity index (χ2v) is 18.4. The number of benzene rings is 4. The Morgan fingerprint density at radius 1 is 0.771 bits per heavy atom. The van der Waals surface area contributed by atoms with Gasteiger partial charge in [-0.1, -0.05) is 148 Å². The average Bonchev–Trinajstić information content (AvgIpc) is 3.51. The molecule has 4 aromatic rings. The predicted octanol–water partition coefficient (Wildman–Crippen LogP) is 9.13. The van der Waals surface area contributed by atoms with Gasteiger partial charge >= 0.3 is 5.97 Å². The number of carbonyl (C=O) groups excluding carboxylic acids is 1. The minimum Gasteiger partial charge on any atom is -0.469 e. The lowest BCUT2D eigenvalue weighted by molar-refractivity contribution is -0.140. The molecule has 1 saturated carbocycles. The van der Waals surface area contributed by atoms with Crippen molar-refractivity contribution in [3.63, 3.8) is 0 Å². The molecule has 5 heteroatoms. The van der Waals surface area contributed by atoms with Crippen LogP contribution in [0.25, 0.3) is 11.1 Å². The van der Waals surface area contributed by atoms with Gasteiger partial charge in [0.1, 0.15) is 0 Å². The van der Waals surface area contributed by atoms with Crippen molar-refractivity contribution in [1.82, 2.24) is 0 Å². The average molecular weight is 661 g/mol. The third-order valence-electron chi connectivity index (χ3n) is 9.92. The highest BCUT2D eigenvalue weighted by molar-refractivity contribution is 6.99. The molecule has 4 nitrogen and oxygen atoms in total. The van der Waals surface area contributed by atoms with E-state index in [9.17, 15) is 4.79 Å². The molecule has 5 rings (SSSR count). The Bertz CT molecular complexity index is 1520. The number of hydrogen-bond acceptors (Lipinski definition) is 4. The van der Waals surface area contributed by atoms with Crippen LogP contribution in [0.3, 0.4) is 0 Å². The highest BCUT2D eigenvalue weighted by atomic mass is 28.4. The van der Waals surface area contributed by atoms with Crippen molar-refractivity contribution in [2.24, 2.45) is 11.8 Å². The van der Waals surface area contributed by atoms with Gasteiger partial charge in [0.05, 0.1) is 19.8 Å². The van der Waals surface area contributed by atoms with E-state index in [-0.39, 0.29) is 17.1 Å². The maximum absolute atomic E-state index is 11.6. The monoisotopic (exact) mass is 660 g/mol. The van der Waals surface area contributed by atoms with Crippen molar-refractivity contribution in [2.75, 3.05) is 13.7 Å². The first-order valence-corrected chi connectivity index (χ1v) is 19.5. The molecule has 1 aliphatic carbocycles. The smallest absolute Gasteiger partial charge is 0.305 e. The molecule has 0 unspecified atom stereocenters. The van der Waals surface area contributed by atoms with Crippen LogP contribution in [0.15, 0.2) is 127 Å². The highest BCUT2D eigenvalue weighted by Gasteiger charge is 2.51. The van der Waals surface area contributed by atoms with E-state index in [4.69, 9.17) is 13.9 Å². The summed E-state index contributed by atoms with van der Waals surface area (Å²) in [5.74, 6) is 0.588. The van der Waals surface area contributed by atoms with Crippen molar-refractivity contribution in [3.8, 4) is 11.1 Å². The van der Waals surface area contributed by atoms with Gasteiger partial charge in [-0.2, -0.15) is 0 Å². The fraction of sp³-hybridized carbons (Fsp3) is 0.372. The molecule has 3 atom stereocenters. The Morgan fingerprint density at radius 3 is 1.94 bits per heavy atom. The standard InChI is InChI=1S/C43H52O4Si/c1-43(2,3)48(38-20-12-8-13-21-38,39-22-14-9-15-23-39)47-33-37-30-31-41(40(37)24-16-5-6-17-25-42(44)45-4)46-32-34-26-28-36(29-27-34)35-18-10-7-11-19-35/h5,7-16,18-23,26-29,37,40-41H,6,17,24-25,30-33H2,1-4H3/t37-,40-,41+/m1/s1. The largest absolute Gasteiger partial charge is 0.469 e. The molecule has 0 aliphatic heterocycles. The third-order valence-corrected chi connectivity index (χ3v) is 14.9. The molecule has 0 spiro atoms. The van der Waals surface area contributed by atoms with E-state index >= 15 is 0 Å². The number of allylic oxidation sites excluding steroid dienone is 2. The van der Waals surface area contributed by atoms with Gasteiger partial charge < -0.3 is 13.9 Å². The lowest BCUT2D eigenvalue weighted by Gasteiger charge is -2.44. The molecular weight excluding hydrogens is 609 g/mol. The van der Waals surface area contributed by atoms with Crippen molar-refractivity contribution < 1.29 is 18.7 Å². The van der Waals surface area contributed by atoms with Crippen LogP contribution >= 0.6 is 0 Å². The third kappa shape index (κ3) is 8.82. The van der Waals surface area contributed by atoms with Gasteiger partial charge in [-0.15, -0.1) is 0 Å². The summed E-state index contributed by atoms with van der Waals surface area (Å²) in [5, 5.41) is 2.57. The summed E-state index contributed by atoms with van der Waals surface area (Å²) >= 11 is 0. The quantitative estimate of drug-likeness (QED) is 0.0552. The number of rotatable bonds is 15. The Labute approximate surface area is 289 Å². The van der Waals surface area contributed by atoms with E-state index in [1.165, 1.54) is 34.2 Å². The minimum absolute atomic E-state index is 0.0643. The van der Waals surface area contributed by atoms with Crippen LogP contribution in [0.4, 0.5) is 0 Å². The molecule has 0 bridgehead atoms. The minimum atomic E-state index is -2.64. The summed E-state index contributed by atoms with van der Waals surface area (Å²) in [4.78, 5) is 11.6. The van der Waals surface area contributed by atoms with E-state index in [0.29, 0.717) is 31.5 Å². The van der Waals surface area contributed by atoms with Crippen molar-refractivity contribution in [1.29, 1.82) is 0 Å². The molecule has 0 N–H and O–H groups in total. The number of carbonyl (C=O) groups is 1. The summed E-state index contributed by atoms with van der Waals surface area (Å²) in [7, 11) is -1.19. The topological polar surface area (TPSA) is 44.8 Å². The molecule has 0 saturated heterocycles. The van der Waals surface area contributed by atoms with Crippen LogP contribution in [-0.2, 0) is 25.3 Å². The maximum atomic E-state index is 11.6. The zero-order chi connectivity index (χ0) is 33.8. The van der Waals surface area contributed by atoms with Gasteiger partial charge in [0.25, 0.3) is 8.32 Å². The molecule has 0 aromatic heterocycles. The lowest BCUT2D eigenvalue weighted by atomic mass is 9.91. The number of methoxy groups -OCH3 is 1. The van der Waals surface area contributed by atoms with Crippen LogP contribution in [0.1, 0.15) is 64.9 Å². The second kappa shape index (κ2) is 17.1. The van der Waals surface area contributed by atoms with E-state index in [2.05, 4.69) is 142 Å². The van der Waals surface area contributed by atoms with Gasteiger partial charge in [0.2, 0.25) is 0 Å². The summed E-state index contributed by atoms with van der Waals surface area (Å²) in [5.41, 5.74) is 3.64. The van der Waals surface area contributed by atoms with Gasteiger partial charge in [0, 0.05) is 13.0 Å². The van der Waals surface area contributed by atoms with Gasteiger partial charge in [-0.05, 0) is 76.0 Å². The summed E-state index contributed by atoms with van der Waals surface area (Å²) in [6.07, 6.45) is 9.84. The van der Waals surface area contributed by atoms with Gasteiger partial charge in [0.15, 0.2) is 0 Å². The Kier molecular flexibility index (Phi) is 12.6. The van der Waals surface area contributed by atoms with Crippen LogP contribution in [0.2, 0.25) is 5.04 Å². The van der Waals surface area contributed by atoms with Gasteiger partial charge in [-0.25, -0.2) is 0 Å². The molecule has 0 amide bonds. The summed E-state index contributed by atoms with van der Waals surface area (Å²) in [6.45, 7) is 8.34. The van der Waals surface area contributed by atoms with Crippen LogP contribution in [0, 0.1) is 11.8 Å². The van der Waals surface area contributed by atoms with E-state index < -0.39 is 8.32 Å².